The number of Topliss-reactive ketones (excluding diaryl/α,β-unsaturated/α-hetero) is 1. The van der Waals surface area contributed by atoms with Gasteiger partial charge in [0.2, 0.25) is 0 Å². The topological polar surface area (TPSA) is 34.9 Å². The summed E-state index contributed by atoms with van der Waals surface area (Å²) in [7, 11) is 0. The largest absolute Gasteiger partial charge is 0.294 e. The number of benzene rings is 1. The molecule has 2 aromatic rings. The quantitative estimate of drug-likeness (QED) is 0.602. The molecule has 0 aliphatic rings. The maximum Gasteiger partial charge on any atom is 0.166 e. The maximum atomic E-state index is 11.7. The normalized spacial score (nSPS) is 10.4. The molecule has 0 saturated heterocycles. The van der Waals surface area contributed by atoms with Crippen LogP contribution in [0.15, 0.2) is 42.7 Å². The van der Waals surface area contributed by atoms with Gasteiger partial charge < -0.3 is 0 Å². The molecule has 0 bridgehead atoms. The zero-order valence-corrected chi connectivity index (χ0v) is 10.1. The Morgan fingerprint density at radius 3 is 2.76 bits per heavy atom. The van der Waals surface area contributed by atoms with Crippen LogP contribution >= 0.6 is 11.6 Å². The van der Waals surface area contributed by atoms with E-state index in [1.165, 1.54) is 0 Å². The standard InChI is InChI=1S/C13H13ClN2O/c14-8-4-7-13(17)11-9-15-16(10-11)12-5-2-1-3-6-12/h1-3,5-6,9-10H,4,7-8H2. The summed E-state index contributed by atoms with van der Waals surface area (Å²) in [5.74, 6) is 0.603. The lowest BCUT2D eigenvalue weighted by Crippen LogP contribution is -1.98. The van der Waals surface area contributed by atoms with Crippen LogP contribution in [0.3, 0.4) is 0 Å². The van der Waals surface area contributed by atoms with E-state index in [9.17, 15) is 4.79 Å². The Labute approximate surface area is 105 Å². The second kappa shape index (κ2) is 5.64. The first kappa shape index (κ1) is 11.9. The van der Waals surface area contributed by atoms with Crippen molar-refractivity contribution in [2.75, 3.05) is 5.88 Å². The average Bonchev–Trinajstić information content (AvgIpc) is 2.86. The van der Waals surface area contributed by atoms with Crippen LogP contribution in [0.4, 0.5) is 0 Å². The molecule has 1 aromatic carbocycles. The Balaban J connectivity index is 2.14. The minimum absolute atomic E-state index is 0.0906. The van der Waals surface area contributed by atoms with Crippen LogP contribution < -0.4 is 0 Å². The predicted molar refractivity (Wildman–Crippen MR) is 67.8 cm³/mol. The molecule has 4 heteroatoms. The van der Waals surface area contributed by atoms with Crippen molar-refractivity contribution in [1.29, 1.82) is 0 Å². The lowest BCUT2D eigenvalue weighted by molar-refractivity contribution is 0.0982. The Morgan fingerprint density at radius 2 is 2.06 bits per heavy atom. The lowest BCUT2D eigenvalue weighted by Gasteiger charge is -1.99. The first-order chi connectivity index (χ1) is 8.31. The van der Waals surface area contributed by atoms with Crippen LogP contribution in [-0.4, -0.2) is 21.4 Å². The first-order valence-corrected chi connectivity index (χ1v) is 6.04. The lowest BCUT2D eigenvalue weighted by atomic mass is 10.1. The molecule has 0 spiro atoms. The molecule has 3 nitrogen and oxygen atoms in total. The van der Waals surface area contributed by atoms with Crippen molar-refractivity contribution in [2.45, 2.75) is 12.8 Å². The third kappa shape index (κ3) is 2.94. The molecular formula is C13H13ClN2O. The van der Waals surface area contributed by atoms with E-state index in [1.807, 2.05) is 30.3 Å². The monoisotopic (exact) mass is 248 g/mol. The molecule has 88 valence electrons. The van der Waals surface area contributed by atoms with Gasteiger partial charge in [0, 0.05) is 18.5 Å². The second-order valence-electron chi connectivity index (χ2n) is 3.72. The van der Waals surface area contributed by atoms with Crippen LogP contribution in [0.5, 0.6) is 0 Å². The zero-order valence-electron chi connectivity index (χ0n) is 9.34. The molecule has 1 aromatic heterocycles. The third-order valence-corrected chi connectivity index (χ3v) is 2.73. The zero-order chi connectivity index (χ0) is 12.1. The molecule has 0 fully saturated rings. The van der Waals surface area contributed by atoms with Gasteiger partial charge in [-0.15, -0.1) is 11.6 Å². The van der Waals surface area contributed by atoms with Gasteiger partial charge in [-0.05, 0) is 18.6 Å². The van der Waals surface area contributed by atoms with E-state index in [2.05, 4.69) is 5.10 Å². The number of carbonyl (C=O) groups excluding carboxylic acids is 1. The minimum Gasteiger partial charge on any atom is -0.294 e. The molecule has 0 N–H and O–H groups in total. The van der Waals surface area contributed by atoms with Gasteiger partial charge in [-0.2, -0.15) is 5.10 Å². The van der Waals surface area contributed by atoms with Crippen molar-refractivity contribution >= 4 is 17.4 Å². The van der Waals surface area contributed by atoms with Crippen molar-refractivity contribution in [1.82, 2.24) is 9.78 Å². The number of para-hydroxylation sites is 1. The van der Waals surface area contributed by atoms with E-state index in [0.717, 1.165) is 5.69 Å². The second-order valence-corrected chi connectivity index (χ2v) is 4.10. The molecule has 0 unspecified atom stereocenters. The van der Waals surface area contributed by atoms with E-state index in [4.69, 9.17) is 11.6 Å². The van der Waals surface area contributed by atoms with Crippen molar-refractivity contribution < 1.29 is 4.79 Å². The first-order valence-electron chi connectivity index (χ1n) is 5.50. The summed E-state index contributed by atoms with van der Waals surface area (Å²) in [6, 6.07) is 9.71. The molecule has 0 saturated carbocycles. The number of halogens is 1. The molecular weight excluding hydrogens is 236 g/mol. The van der Waals surface area contributed by atoms with Gasteiger partial charge in [-0.3, -0.25) is 4.79 Å². The average molecular weight is 249 g/mol. The highest BCUT2D eigenvalue weighted by atomic mass is 35.5. The van der Waals surface area contributed by atoms with E-state index < -0.39 is 0 Å². The Hall–Kier alpha value is -1.61. The predicted octanol–water partition coefficient (Wildman–Crippen LogP) is 3.07. The van der Waals surface area contributed by atoms with E-state index >= 15 is 0 Å². The van der Waals surface area contributed by atoms with Crippen LogP contribution in [0.1, 0.15) is 23.2 Å². The van der Waals surface area contributed by atoms with Crippen molar-refractivity contribution in [2.24, 2.45) is 0 Å². The van der Waals surface area contributed by atoms with Gasteiger partial charge in [0.15, 0.2) is 5.78 Å². The highest BCUT2D eigenvalue weighted by Crippen LogP contribution is 2.10. The van der Waals surface area contributed by atoms with Crippen LogP contribution in [0.2, 0.25) is 0 Å². The summed E-state index contributed by atoms with van der Waals surface area (Å²) in [5, 5.41) is 4.18. The smallest absolute Gasteiger partial charge is 0.166 e. The van der Waals surface area contributed by atoms with Crippen LogP contribution in [0, 0.1) is 0 Å². The number of aromatic nitrogens is 2. The number of nitrogens with zero attached hydrogens (tertiary/aromatic N) is 2. The number of hydrogen-bond donors (Lipinski definition) is 0. The number of hydrogen-bond acceptors (Lipinski definition) is 2. The Kier molecular flexibility index (Phi) is 3.94. The third-order valence-electron chi connectivity index (χ3n) is 2.46. The molecule has 0 atom stereocenters. The van der Waals surface area contributed by atoms with Crippen molar-refractivity contribution in [3.63, 3.8) is 0 Å². The van der Waals surface area contributed by atoms with Crippen LogP contribution in [-0.2, 0) is 0 Å². The molecule has 1 heterocycles. The maximum absolute atomic E-state index is 11.7. The SMILES string of the molecule is O=C(CCCCl)c1cnn(-c2ccccc2)c1. The fourth-order valence-corrected chi connectivity index (χ4v) is 1.69. The van der Waals surface area contributed by atoms with Crippen LogP contribution in [0.25, 0.3) is 5.69 Å². The highest BCUT2D eigenvalue weighted by Gasteiger charge is 2.08. The van der Waals surface area contributed by atoms with Gasteiger partial charge in [0.05, 0.1) is 17.4 Å². The molecule has 0 aliphatic heterocycles. The van der Waals surface area contributed by atoms with Crippen molar-refractivity contribution in [3.05, 3.63) is 48.3 Å². The fraction of sp³-hybridized carbons (Fsp3) is 0.231. The van der Waals surface area contributed by atoms with Gasteiger partial charge in [0.1, 0.15) is 0 Å². The summed E-state index contributed by atoms with van der Waals surface area (Å²) in [6.07, 6.45) is 4.54. The summed E-state index contributed by atoms with van der Waals surface area (Å²) >= 11 is 5.56. The molecule has 17 heavy (non-hydrogen) atoms. The summed E-state index contributed by atoms with van der Waals surface area (Å²) in [5.41, 5.74) is 1.59. The Morgan fingerprint density at radius 1 is 1.29 bits per heavy atom. The van der Waals surface area contributed by atoms with E-state index in [1.54, 1.807) is 17.1 Å². The molecule has 2 rings (SSSR count). The fourth-order valence-electron chi connectivity index (χ4n) is 1.56. The van der Waals surface area contributed by atoms with E-state index in [-0.39, 0.29) is 5.78 Å². The number of alkyl halides is 1. The van der Waals surface area contributed by atoms with Crippen molar-refractivity contribution in [3.8, 4) is 5.69 Å². The molecule has 0 amide bonds. The Bertz CT molecular complexity index is 493. The van der Waals surface area contributed by atoms with Gasteiger partial charge in [-0.1, -0.05) is 18.2 Å². The number of ketones is 1. The highest BCUT2D eigenvalue weighted by molar-refractivity contribution is 6.18. The number of rotatable bonds is 5. The summed E-state index contributed by atoms with van der Waals surface area (Å²) in [4.78, 5) is 11.7. The number of carbonyl (C=O) groups is 1. The molecule has 0 radical (unpaired) electrons. The van der Waals surface area contributed by atoms with Gasteiger partial charge in [0.25, 0.3) is 0 Å². The summed E-state index contributed by atoms with van der Waals surface area (Å²) < 4.78 is 1.70. The summed E-state index contributed by atoms with van der Waals surface area (Å²) in [6.45, 7) is 0. The minimum atomic E-state index is 0.0906. The van der Waals surface area contributed by atoms with Gasteiger partial charge >= 0.3 is 0 Å². The van der Waals surface area contributed by atoms with E-state index in [0.29, 0.717) is 24.3 Å². The molecule has 0 aliphatic carbocycles. The van der Waals surface area contributed by atoms with Gasteiger partial charge in [-0.25, -0.2) is 4.68 Å².